The van der Waals surface area contributed by atoms with Gasteiger partial charge in [-0.2, -0.15) is 0 Å². The smallest absolute Gasteiger partial charge is 0.269 e. The Hall–Kier alpha value is -3.09. The van der Waals surface area contributed by atoms with Crippen molar-refractivity contribution >= 4 is 11.6 Å². The molecule has 2 N–H and O–H groups in total. The van der Waals surface area contributed by atoms with Crippen LogP contribution in [0.4, 0.5) is 5.69 Å². The van der Waals surface area contributed by atoms with E-state index < -0.39 is 11.0 Å². The number of hydrogen-bond donors (Lipinski definition) is 2. The number of nitrogens with zero attached hydrogens (tertiary/aromatic N) is 1. The van der Waals surface area contributed by atoms with Crippen molar-refractivity contribution in [3.05, 3.63) is 63.7 Å². The van der Waals surface area contributed by atoms with Crippen LogP contribution in [0, 0.1) is 10.1 Å². The zero-order chi connectivity index (χ0) is 17.0. The zero-order valence-electron chi connectivity index (χ0n) is 12.6. The van der Waals surface area contributed by atoms with Crippen molar-refractivity contribution in [2.45, 2.75) is 13.0 Å². The van der Waals surface area contributed by atoms with Crippen LogP contribution in [-0.4, -0.2) is 23.0 Å². The van der Waals surface area contributed by atoms with Gasteiger partial charge in [0.25, 0.3) is 5.69 Å². The summed E-state index contributed by atoms with van der Waals surface area (Å²) in [5, 5.41) is 23.8. The Balaban J connectivity index is 2.55. The number of non-ortho nitro benzene ring substituents is 1. The fraction of sp³-hybridized carbons (Fsp3) is 0.188. The third kappa shape index (κ3) is 3.76. The van der Waals surface area contributed by atoms with Crippen LogP contribution in [0.2, 0.25) is 0 Å². The molecule has 2 aromatic rings. The average Bonchev–Trinajstić information content (AvgIpc) is 2.53. The molecule has 1 amide bonds. The molecule has 1 atom stereocenters. The molecule has 0 heterocycles. The second-order valence-corrected chi connectivity index (χ2v) is 4.91. The van der Waals surface area contributed by atoms with Crippen LogP contribution < -0.4 is 10.1 Å². The van der Waals surface area contributed by atoms with Crippen LogP contribution >= 0.6 is 0 Å². The highest BCUT2D eigenvalue weighted by Gasteiger charge is 2.21. The van der Waals surface area contributed by atoms with Gasteiger partial charge in [0.05, 0.1) is 18.1 Å². The quantitative estimate of drug-likeness (QED) is 0.652. The van der Waals surface area contributed by atoms with Crippen LogP contribution in [0.1, 0.15) is 24.1 Å². The average molecular weight is 316 g/mol. The molecule has 7 nitrogen and oxygen atoms in total. The van der Waals surface area contributed by atoms with E-state index in [1.807, 2.05) is 0 Å². The minimum atomic E-state index is -0.734. The Morgan fingerprint density at radius 1 is 1.30 bits per heavy atom. The standard InChI is InChI=1S/C16H16N2O5/c1-10(19)17-16(11-4-3-5-12(8-11)18(21)22)14-9-13(23-2)6-7-15(14)20/h3-9,16,20H,1-2H3,(H,17,19)/t16-/m0/s1. The second kappa shape index (κ2) is 6.78. The Kier molecular flexibility index (Phi) is 4.80. The molecule has 0 aliphatic carbocycles. The van der Waals surface area contributed by atoms with E-state index in [1.54, 1.807) is 18.2 Å². The number of ether oxygens (including phenoxy) is 1. The molecular weight excluding hydrogens is 300 g/mol. The third-order valence-corrected chi connectivity index (χ3v) is 3.31. The summed E-state index contributed by atoms with van der Waals surface area (Å²) in [5.41, 5.74) is 0.776. The number of carbonyl (C=O) groups excluding carboxylic acids is 1. The highest BCUT2D eigenvalue weighted by molar-refractivity contribution is 5.74. The lowest BCUT2D eigenvalue weighted by Gasteiger charge is -2.20. The van der Waals surface area contributed by atoms with Gasteiger partial charge in [0.2, 0.25) is 5.91 Å². The SMILES string of the molecule is COc1ccc(O)c([C@@H](NC(C)=O)c2cccc([N+](=O)[O-])c2)c1. The van der Waals surface area contributed by atoms with E-state index in [1.165, 1.54) is 38.3 Å². The molecule has 0 spiro atoms. The van der Waals surface area contributed by atoms with Gasteiger partial charge < -0.3 is 15.2 Å². The number of carbonyl (C=O) groups is 1. The van der Waals surface area contributed by atoms with Crippen LogP contribution in [-0.2, 0) is 4.79 Å². The van der Waals surface area contributed by atoms with E-state index in [0.717, 1.165) is 0 Å². The summed E-state index contributed by atoms with van der Waals surface area (Å²) in [7, 11) is 1.48. The van der Waals surface area contributed by atoms with Crippen molar-refractivity contribution < 1.29 is 19.6 Å². The Labute approximate surface area is 132 Å². The number of benzene rings is 2. The first-order valence-electron chi connectivity index (χ1n) is 6.80. The van der Waals surface area contributed by atoms with Gasteiger partial charge >= 0.3 is 0 Å². The molecule has 0 unspecified atom stereocenters. The van der Waals surface area contributed by atoms with Gasteiger partial charge in [0.1, 0.15) is 11.5 Å². The molecule has 0 radical (unpaired) electrons. The monoisotopic (exact) mass is 316 g/mol. The molecule has 0 bridgehead atoms. The number of methoxy groups -OCH3 is 1. The van der Waals surface area contributed by atoms with E-state index in [2.05, 4.69) is 5.32 Å². The number of nitrogens with one attached hydrogen (secondary N) is 1. The first-order valence-corrected chi connectivity index (χ1v) is 6.80. The van der Waals surface area contributed by atoms with Gasteiger partial charge in [-0.25, -0.2) is 0 Å². The first-order chi connectivity index (χ1) is 10.9. The molecule has 0 aliphatic heterocycles. The van der Waals surface area contributed by atoms with Crippen molar-refractivity contribution in [3.63, 3.8) is 0 Å². The fourth-order valence-electron chi connectivity index (χ4n) is 2.25. The Morgan fingerprint density at radius 3 is 2.65 bits per heavy atom. The van der Waals surface area contributed by atoms with Gasteiger partial charge in [0, 0.05) is 24.6 Å². The first kappa shape index (κ1) is 16.3. The highest BCUT2D eigenvalue weighted by Crippen LogP contribution is 2.33. The van der Waals surface area contributed by atoms with Crippen molar-refractivity contribution in [2.75, 3.05) is 7.11 Å². The molecule has 0 aromatic heterocycles. The maximum Gasteiger partial charge on any atom is 0.269 e. The van der Waals surface area contributed by atoms with Crippen molar-refractivity contribution in [2.24, 2.45) is 0 Å². The van der Waals surface area contributed by atoms with Crippen molar-refractivity contribution in [1.29, 1.82) is 0 Å². The van der Waals surface area contributed by atoms with Gasteiger partial charge in [-0.05, 0) is 23.8 Å². The second-order valence-electron chi connectivity index (χ2n) is 4.91. The Bertz CT molecular complexity index is 745. The topological polar surface area (TPSA) is 102 Å². The molecule has 0 fully saturated rings. The molecule has 0 saturated heterocycles. The van der Waals surface area contributed by atoms with Crippen LogP contribution in [0.3, 0.4) is 0 Å². The van der Waals surface area contributed by atoms with Crippen molar-refractivity contribution in [1.82, 2.24) is 5.32 Å². The fourth-order valence-corrected chi connectivity index (χ4v) is 2.25. The predicted octanol–water partition coefficient (Wildman–Crippen LogP) is 2.53. The largest absolute Gasteiger partial charge is 0.508 e. The molecule has 120 valence electrons. The number of nitro benzene ring substituents is 1. The van der Waals surface area contributed by atoms with Gasteiger partial charge in [-0.1, -0.05) is 12.1 Å². The van der Waals surface area contributed by atoms with E-state index in [0.29, 0.717) is 16.9 Å². The van der Waals surface area contributed by atoms with Gasteiger partial charge in [-0.15, -0.1) is 0 Å². The molecule has 0 aliphatic rings. The minimum absolute atomic E-state index is 0.0453. The zero-order valence-corrected chi connectivity index (χ0v) is 12.6. The molecule has 23 heavy (non-hydrogen) atoms. The lowest BCUT2D eigenvalue weighted by molar-refractivity contribution is -0.384. The lowest BCUT2D eigenvalue weighted by Crippen LogP contribution is -2.27. The third-order valence-electron chi connectivity index (χ3n) is 3.31. The number of nitro groups is 1. The maximum atomic E-state index is 11.5. The summed E-state index contributed by atoms with van der Waals surface area (Å²) in [6.45, 7) is 1.33. The van der Waals surface area contributed by atoms with Gasteiger partial charge in [-0.3, -0.25) is 14.9 Å². The minimum Gasteiger partial charge on any atom is -0.508 e. The highest BCUT2D eigenvalue weighted by atomic mass is 16.6. The normalized spacial score (nSPS) is 11.6. The van der Waals surface area contributed by atoms with Gasteiger partial charge in [0.15, 0.2) is 0 Å². The number of phenols is 1. The summed E-state index contributed by atoms with van der Waals surface area (Å²) >= 11 is 0. The molecule has 0 saturated carbocycles. The molecule has 7 heteroatoms. The number of aromatic hydroxyl groups is 1. The summed E-state index contributed by atoms with van der Waals surface area (Å²) < 4.78 is 5.13. The van der Waals surface area contributed by atoms with E-state index in [9.17, 15) is 20.0 Å². The predicted molar refractivity (Wildman–Crippen MR) is 83.4 cm³/mol. The lowest BCUT2D eigenvalue weighted by atomic mass is 9.97. The summed E-state index contributed by atoms with van der Waals surface area (Å²) in [6.07, 6.45) is 0. The number of hydrogen-bond acceptors (Lipinski definition) is 5. The summed E-state index contributed by atoms with van der Waals surface area (Å²) in [6, 6.07) is 9.76. The van der Waals surface area contributed by atoms with E-state index >= 15 is 0 Å². The molecule has 2 rings (SSSR count). The number of rotatable bonds is 5. The van der Waals surface area contributed by atoms with E-state index in [-0.39, 0.29) is 17.3 Å². The molecular formula is C16H16N2O5. The number of amides is 1. The van der Waals surface area contributed by atoms with E-state index in [4.69, 9.17) is 4.74 Å². The van der Waals surface area contributed by atoms with Crippen molar-refractivity contribution in [3.8, 4) is 11.5 Å². The summed E-state index contributed by atoms with van der Waals surface area (Å²) in [5.74, 6) is 0.123. The van der Waals surface area contributed by atoms with Crippen LogP contribution in [0.15, 0.2) is 42.5 Å². The Morgan fingerprint density at radius 2 is 2.04 bits per heavy atom. The van der Waals surface area contributed by atoms with Crippen LogP contribution in [0.5, 0.6) is 11.5 Å². The summed E-state index contributed by atoms with van der Waals surface area (Å²) in [4.78, 5) is 22.0. The molecule has 2 aromatic carbocycles. The number of phenolic OH excluding ortho intramolecular Hbond substituents is 1. The van der Waals surface area contributed by atoms with Crippen LogP contribution in [0.25, 0.3) is 0 Å². The maximum absolute atomic E-state index is 11.5.